The predicted octanol–water partition coefficient (Wildman–Crippen LogP) is 4.80. The van der Waals surface area contributed by atoms with Crippen molar-refractivity contribution in [2.45, 2.75) is 25.9 Å². The summed E-state index contributed by atoms with van der Waals surface area (Å²) >= 11 is 6.09. The number of carbonyl (C=O) groups excluding carboxylic acids is 1. The summed E-state index contributed by atoms with van der Waals surface area (Å²) in [6.45, 7) is 3.77. The van der Waals surface area contributed by atoms with E-state index in [9.17, 15) is 4.79 Å². The molecule has 1 aliphatic rings. The van der Waals surface area contributed by atoms with Crippen LogP contribution in [0.25, 0.3) is 11.3 Å². The molecule has 1 fully saturated rings. The van der Waals surface area contributed by atoms with Gasteiger partial charge in [-0.05, 0) is 56.2 Å². The van der Waals surface area contributed by atoms with Gasteiger partial charge in [0.1, 0.15) is 5.75 Å². The average molecular weight is 423 g/mol. The maximum Gasteiger partial charge on any atom is 0.265 e. The monoisotopic (exact) mass is 422 g/mol. The molecule has 1 atom stereocenters. The highest BCUT2D eigenvalue weighted by Crippen LogP contribution is 2.25. The molecule has 1 unspecified atom stereocenters. The van der Waals surface area contributed by atoms with Crippen LogP contribution in [0.3, 0.4) is 0 Å². The number of ether oxygens (including phenoxy) is 1. The van der Waals surface area contributed by atoms with Crippen LogP contribution in [0.2, 0.25) is 5.02 Å². The van der Waals surface area contributed by atoms with Crippen LogP contribution in [-0.4, -0.2) is 35.3 Å². The zero-order valence-electron chi connectivity index (χ0n) is 16.7. The summed E-state index contributed by atoms with van der Waals surface area (Å²) in [5.74, 6) is 1.15. The van der Waals surface area contributed by atoms with Crippen molar-refractivity contribution in [3.8, 4) is 17.0 Å². The summed E-state index contributed by atoms with van der Waals surface area (Å²) < 4.78 is 5.66. The Morgan fingerprint density at radius 2 is 1.77 bits per heavy atom. The summed E-state index contributed by atoms with van der Waals surface area (Å²) in [5.41, 5.74) is 2.42. The number of hydrogen-bond acceptors (Lipinski definition) is 5. The van der Waals surface area contributed by atoms with Crippen molar-refractivity contribution in [1.29, 1.82) is 0 Å². The predicted molar refractivity (Wildman–Crippen MR) is 119 cm³/mol. The van der Waals surface area contributed by atoms with E-state index in [1.54, 1.807) is 19.1 Å². The fraction of sp³-hybridized carbons (Fsp3) is 0.261. The van der Waals surface area contributed by atoms with Gasteiger partial charge in [0.15, 0.2) is 11.9 Å². The molecule has 6 nitrogen and oxygen atoms in total. The Hall–Kier alpha value is -3.12. The first-order chi connectivity index (χ1) is 14.6. The standard InChI is InChI=1S/C23H23ClN4O2/c1-16(30-21-7-3-2-6-19(21)24)23(29)25-18-10-8-17(9-11-18)20-12-13-22(27-26-20)28-14-4-5-15-28/h2-3,6-13,16H,4-5,14-15H2,1H3,(H,25,29). The van der Waals surface area contributed by atoms with E-state index in [0.717, 1.165) is 30.2 Å². The maximum atomic E-state index is 12.4. The van der Waals surface area contributed by atoms with E-state index in [-0.39, 0.29) is 5.91 Å². The molecule has 0 spiro atoms. The third kappa shape index (κ3) is 4.71. The number of rotatable bonds is 6. The van der Waals surface area contributed by atoms with Gasteiger partial charge in [0, 0.05) is 24.3 Å². The van der Waals surface area contributed by atoms with Crippen LogP contribution in [0.4, 0.5) is 11.5 Å². The molecule has 1 N–H and O–H groups in total. The fourth-order valence-corrected chi connectivity index (χ4v) is 3.53. The summed E-state index contributed by atoms with van der Waals surface area (Å²) in [6.07, 6.45) is 1.73. The third-order valence-electron chi connectivity index (χ3n) is 5.04. The number of benzene rings is 2. The SMILES string of the molecule is CC(Oc1ccccc1Cl)C(=O)Nc1ccc(-c2ccc(N3CCCC3)nn2)cc1. The van der Waals surface area contributed by atoms with Crippen LogP contribution in [-0.2, 0) is 4.79 Å². The van der Waals surface area contributed by atoms with Gasteiger partial charge in [0.2, 0.25) is 0 Å². The minimum absolute atomic E-state index is 0.252. The summed E-state index contributed by atoms with van der Waals surface area (Å²) in [6, 6.07) is 18.6. The average Bonchev–Trinajstić information content (AvgIpc) is 3.31. The van der Waals surface area contributed by atoms with E-state index in [1.165, 1.54) is 12.8 Å². The second kappa shape index (κ2) is 9.13. The van der Waals surface area contributed by atoms with Crippen LogP contribution >= 0.6 is 11.6 Å². The molecule has 7 heteroatoms. The molecule has 154 valence electrons. The van der Waals surface area contributed by atoms with Crippen LogP contribution < -0.4 is 15.0 Å². The van der Waals surface area contributed by atoms with Crippen molar-refractivity contribution in [2.75, 3.05) is 23.3 Å². The molecule has 0 bridgehead atoms. The van der Waals surface area contributed by atoms with E-state index in [1.807, 2.05) is 48.5 Å². The number of anilines is 2. The van der Waals surface area contributed by atoms with Gasteiger partial charge in [-0.1, -0.05) is 35.9 Å². The lowest BCUT2D eigenvalue weighted by Crippen LogP contribution is -2.30. The number of halogens is 1. The zero-order valence-corrected chi connectivity index (χ0v) is 17.5. The molecule has 2 aromatic carbocycles. The van der Waals surface area contributed by atoms with Gasteiger partial charge < -0.3 is 15.0 Å². The van der Waals surface area contributed by atoms with E-state index >= 15 is 0 Å². The van der Waals surface area contributed by atoms with Crippen molar-refractivity contribution in [3.05, 3.63) is 65.7 Å². The highest BCUT2D eigenvalue weighted by atomic mass is 35.5. The molecule has 1 amide bonds. The van der Waals surface area contributed by atoms with Crippen molar-refractivity contribution >= 4 is 29.0 Å². The number of aromatic nitrogens is 2. The highest BCUT2D eigenvalue weighted by molar-refractivity contribution is 6.32. The first-order valence-corrected chi connectivity index (χ1v) is 10.4. The van der Waals surface area contributed by atoms with Crippen molar-refractivity contribution < 1.29 is 9.53 Å². The lowest BCUT2D eigenvalue weighted by molar-refractivity contribution is -0.122. The number of carbonyl (C=O) groups is 1. The second-order valence-electron chi connectivity index (χ2n) is 7.23. The molecule has 4 rings (SSSR count). The lowest BCUT2D eigenvalue weighted by Gasteiger charge is -2.16. The molecule has 2 heterocycles. The second-order valence-corrected chi connectivity index (χ2v) is 7.64. The smallest absolute Gasteiger partial charge is 0.265 e. The van der Waals surface area contributed by atoms with Crippen molar-refractivity contribution in [3.63, 3.8) is 0 Å². The Morgan fingerprint density at radius 3 is 2.43 bits per heavy atom. The number of nitrogens with one attached hydrogen (secondary N) is 1. The molecular weight excluding hydrogens is 400 g/mol. The molecule has 0 saturated carbocycles. The Morgan fingerprint density at radius 1 is 1.03 bits per heavy atom. The molecule has 30 heavy (non-hydrogen) atoms. The molecule has 3 aromatic rings. The van der Waals surface area contributed by atoms with Gasteiger partial charge >= 0.3 is 0 Å². The van der Waals surface area contributed by atoms with Gasteiger partial charge in [-0.25, -0.2) is 0 Å². The maximum absolute atomic E-state index is 12.4. The number of hydrogen-bond donors (Lipinski definition) is 1. The molecule has 1 saturated heterocycles. The minimum atomic E-state index is -0.687. The summed E-state index contributed by atoms with van der Waals surface area (Å²) in [4.78, 5) is 14.7. The molecule has 0 radical (unpaired) electrons. The van der Waals surface area contributed by atoms with Crippen molar-refractivity contribution in [1.82, 2.24) is 10.2 Å². The normalized spacial score (nSPS) is 14.4. The molecule has 1 aliphatic heterocycles. The molecular formula is C23H23ClN4O2. The summed E-state index contributed by atoms with van der Waals surface area (Å²) in [5, 5.41) is 12.0. The van der Waals surface area contributed by atoms with Gasteiger partial charge in [-0.3, -0.25) is 4.79 Å². The van der Waals surface area contributed by atoms with E-state index in [2.05, 4.69) is 20.4 Å². The van der Waals surface area contributed by atoms with Crippen molar-refractivity contribution in [2.24, 2.45) is 0 Å². The number of para-hydroxylation sites is 1. The lowest BCUT2D eigenvalue weighted by atomic mass is 10.1. The van der Waals surface area contributed by atoms with Gasteiger partial charge in [0.05, 0.1) is 10.7 Å². The Labute approximate surface area is 180 Å². The first-order valence-electron chi connectivity index (χ1n) is 10.0. The minimum Gasteiger partial charge on any atom is -0.479 e. The highest BCUT2D eigenvalue weighted by Gasteiger charge is 2.17. The van der Waals surface area contributed by atoms with Crippen LogP contribution in [0.5, 0.6) is 5.75 Å². The molecule has 0 aliphatic carbocycles. The van der Waals surface area contributed by atoms with E-state index in [0.29, 0.717) is 16.5 Å². The Balaban J connectivity index is 1.37. The number of amides is 1. The summed E-state index contributed by atoms with van der Waals surface area (Å²) in [7, 11) is 0. The fourth-order valence-electron chi connectivity index (χ4n) is 3.35. The topological polar surface area (TPSA) is 67.3 Å². The van der Waals surface area contributed by atoms with Crippen LogP contribution in [0.15, 0.2) is 60.7 Å². The van der Waals surface area contributed by atoms with Gasteiger partial charge in [0.25, 0.3) is 5.91 Å². The Kier molecular flexibility index (Phi) is 6.14. The zero-order chi connectivity index (χ0) is 20.9. The number of nitrogens with zero attached hydrogens (tertiary/aromatic N) is 3. The van der Waals surface area contributed by atoms with Crippen LogP contribution in [0.1, 0.15) is 19.8 Å². The first kappa shape index (κ1) is 20.2. The Bertz CT molecular complexity index is 1000. The molecule has 1 aromatic heterocycles. The largest absolute Gasteiger partial charge is 0.479 e. The quantitative estimate of drug-likeness (QED) is 0.617. The third-order valence-corrected chi connectivity index (χ3v) is 5.35. The van der Waals surface area contributed by atoms with Gasteiger partial charge in [-0.15, -0.1) is 10.2 Å². The van der Waals surface area contributed by atoms with Crippen LogP contribution in [0, 0.1) is 0 Å². The van der Waals surface area contributed by atoms with Gasteiger partial charge in [-0.2, -0.15) is 0 Å². The van der Waals surface area contributed by atoms with E-state index < -0.39 is 6.10 Å². The van der Waals surface area contributed by atoms with E-state index in [4.69, 9.17) is 16.3 Å².